The summed E-state index contributed by atoms with van der Waals surface area (Å²) in [6, 6.07) is 1.70. The van der Waals surface area contributed by atoms with Gasteiger partial charge in [-0.25, -0.2) is 11.1 Å². The van der Waals surface area contributed by atoms with Crippen LogP contribution in [0.25, 0.3) is 0 Å². The van der Waals surface area contributed by atoms with Gasteiger partial charge in [-0.2, -0.15) is 0 Å². The van der Waals surface area contributed by atoms with Crippen LogP contribution in [-0.4, -0.2) is 52.4 Å². The first kappa shape index (κ1) is 10.8. The molecule has 2 aliphatic rings. The van der Waals surface area contributed by atoms with Crippen LogP contribution in [0.4, 0.5) is 0 Å². The van der Waals surface area contributed by atoms with Gasteiger partial charge in [0.05, 0.1) is 0 Å². The molecule has 0 saturated carbocycles. The average molecular weight is 216 g/mol. The molecule has 2 nitrogen and oxygen atoms in total. The quantitative estimate of drug-likeness (QED) is 0.667. The fraction of sp³-hybridized carbons (Fsp3) is 1.00. The molecule has 0 radical (unpaired) electrons. The summed E-state index contributed by atoms with van der Waals surface area (Å²) in [5, 5.41) is 0. The minimum absolute atomic E-state index is 0.135. The van der Waals surface area contributed by atoms with E-state index in [2.05, 4.69) is 42.5 Å². The minimum atomic E-state index is 0.135. The summed E-state index contributed by atoms with van der Waals surface area (Å²) in [5.41, 5.74) is 0.371. The number of thiol groups is 1. The molecular weight excluding hydrogens is 192 g/mol. The van der Waals surface area contributed by atoms with E-state index in [0.29, 0.717) is 5.54 Å². The van der Waals surface area contributed by atoms with Gasteiger partial charge in [-0.15, -0.1) is 0 Å². The molecule has 2 fully saturated rings. The van der Waals surface area contributed by atoms with Crippen molar-refractivity contribution in [2.75, 3.05) is 25.6 Å². The lowest BCUT2D eigenvalue weighted by Crippen LogP contribution is -2.52. The van der Waals surface area contributed by atoms with Crippen molar-refractivity contribution in [2.24, 2.45) is 0 Å². The predicted octanol–water partition coefficient (Wildman–Crippen LogP) is 1.72. The predicted molar refractivity (Wildman–Crippen MR) is 66.2 cm³/mol. The topological polar surface area (TPSA) is 6.48 Å². The molecule has 14 heavy (non-hydrogen) atoms. The monoisotopic (exact) mass is 216 g/mol. The molecule has 84 valence electrons. The van der Waals surface area contributed by atoms with Crippen molar-refractivity contribution in [3.8, 4) is 0 Å². The van der Waals surface area contributed by atoms with Gasteiger partial charge >= 0.3 is 0 Å². The molecule has 0 aliphatic carbocycles. The Balaban J connectivity index is 2.03. The fourth-order valence-corrected chi connectivity index (χ4v) is 4.29. The Kier molecular flexibility index (Phi) is 2.61. The summed E-state index contributed by atoms with van der Waals surface area (Å²) >= 11 is 0.135. The van der Waals surface area contributed by atoms with Crippen LogP contribution >= 0.6 is 11.1 Å². The third-order valence-corrected chi connectivity index (χ3v) is 5.10. The Morgan fingerprint density at radius 1 is 1.07 bits per heavy atom. The van der Waals surface area contributed by atoms with Crippen LogP contribution in [-0.2, 0) is 0 Å². The molecule has 2 bridgehead atoms. The van der Waals surface area contributed by atoms with Crippen molar-refractivity contribution in [3.05, 3.63) is 0 Å². The summed E-state index contributed by atoms with van der Waals surface area (Å²) < 4.78 is 2.74. The zero-order valence-corrected chi connectivity index (χ0v) is 11.0. The van der Waals surface area contributed by atoms with Crippen molar-refractivity contribution in [1.29, 1.82) is 0 Å². The lowest BCUT2D eigenvalue weighted by molar-refractivity contribution is 0.0864. The molecule has 0 unspecified atom stereocenters. The first-order chi connectivity index (χ1) is 6.39. The molecule has 2 aliphatic heterocycles. The van der Waals surface area contributed by atoms with E-state index >= 15 is 0 Å². The summed E-state index contributed by atoms with van der Waals surface area (Å²) in [4.78, 5) is 2.70. The molecule has 2 saturated heterocycles. The van der Waals surface area contributed by atoms with Gasteiger partial charge in [0.15, 0.2) is 0 Å². The minimum Gasteiger partial charge on any atom is -0.293 e. The number of fused-ring (bicyclic) bond motifs is 2. The third kappa shape index (κ3) is 1.70. The van der Waals surface area contributed by atoms with Gasteiger partial charge in [0.2, 0.25) is 0 Å². The number of piperazine rings is 1. The molecule has 2 rings (SSSR count). The third-order valence-electron chi connectivity index (χ3n) is 3.59. The van der Waals surface area contributed by atoms with Crippen LogP contribution < -0.4 is 0 Å². The Labute approximate surface area is 91.1 Å². The van der Waals surface area contributed by atoms with E-state index < -0.39 is 0 Å². The van der Waals surface area contributed by atoms with Crippen molar-refractivity contribution < 1.29 is 0 Å². The van der Waals surface area contributed by atoms with Gasteiger partial charge in [0.25, 0.3) is 0 Å². The van der Waals surface area contributed by atoms with E-state index in [1.165, 1.54) is 19.5 Å². The van der Waals surface area contributed by atoms with E-state index in [0.717, 1.165) is 12.1 Å². The smallest absolute Gasteiger partial charge is 0.0328 e. The van der Waals surface area contributed by atoms with E-state index in [1.54, 1.807) is 0 Å². The van der Waals surface area contributed by atoms with Gasteiger partial charge in [0.1, 0.15) is 0 Å². The van der Waals surface area contributed by atoms with Crippen LogP contribution in [0.2, 0.25) is 0 Å². The normalized spacial score (nSPS) is 35.4. The Bertz CT molecular complexity index is 222. The first-order valence-corrected chi connectivity index (χ1v) is 7.79. The molecule has 0 N–H and O–H groups in total. The van der Waals surface area contributed by atoms with Gasteiger partial charge in [0, 0.05) is 30.7 Å². The molecule has 0 amide bonds. The first-order valence-electron chi connectivity index (χ1n) is 5.60. The highest BCUT2D eigenvalue weighted by molar-refractivity contribution is 8.13. The van der Waals surface area contributed by atoms with E-state index in [9.17, 15) is 0 Å². The number of hydrogen-bond donors (Lipinski definition) is 1. The fourth-order valence-electron chi connectivity index (χ4n) is 2.96. The maximum Gasteiger partial charge on any atom is 0.0328 e. The summed E-state index contributed by atoms with van der Waals surface area (Å²) in [6.07, 6.45) is 6.19. The summed E-state index contributed by atoms with van der Waals surface area (Å²) in [6.45, 7) is 9.66. The number of rotatable bonds is 1. The Morgan fingerprint density at radius 3 is 2.07 bits per heavy atom. The lowest BCUT2D eigenvalue weighted by atomic mass is 10.0. The van der Waals surface area contributed by atoms with Crippen molar-refractivity contribution >= 4 is 11.1 Å². The van der Waals surface area contributed by atoms with Crippen molar-refractivity contribution in [3.63, 3.8) is 0 Å². The van der Waals surface area contributed by atoms with Crippen LogP contribution in [0.5, 0.6) is 0 Å². The second-order valence-electron chi connectivity index (χ2n) is 5.84. The molecule has 0 aromatic heterocycles. The molecule has 2 atom stereocenters. The molecule has 0 spiro atoms. The lowest BCUT2D eigenvalue weighted by Gasteiger charge is -2.43. The standard InChI is InChI=1S/C11H24N2S/c1-11(2,3)12-7-10-6-9(12)8-13(10)14(4)5/h9-10,14H,6-8H2,1-5H3/t9-,10-/m1/s1. The van der Waals surface area contributed by atoms with E-state index in [-0.39, 0.29) is 11.1 Å². The maximum absolute atomic E-state index is 2.74. The highest BCUT2D eigenvalue weighted by Gasteiger charge is 2.46. The number of hydrogen-bond acceptors (Lipinski definition) is 2. The molecule has 3 heteroatoms. The zero-order valence-electron chi connectivity index (χ0n) is 10.1. The van der Waals surface area contributed by atoms with Gasteiger partial charge in [-0.3, -0.25) is 9.21 Å². The van der Waals surface area contributed by atoms with Gasteiger partial charge in [-0.1, -0.05) is 0 Å². The number of likely N-dealkylation sites (tertiary alicyclic amines) is 1. The van der Waals surface area contributed by atoms with Gasteiger partial charge in [-0.05, 0) is 39.7 Å². The highest BCUT2D eigenvalue weighted by Crippen LogP contribution is 2.41. The molecule has 2 heterocycles. The number of nitrogens with zero attached hydrogens (tertiary/aromatic N) is 2. The van der Waals surface area contributed by atoms with Crippen molar-refractivity contribution in [1.82, 2.24) is 9.21 Å². The van der Waals surface area contributed by atoms with Crippen LogP contribution in [0.15, 0.2) is 0 Å². The Morgan fingerprint density at radius 2 is 1.71 bits per heavy atom. The van der Waals surface area contributed by atoms with Crippen LogP contribution in [0, 0.1) is 0 Å². The highest BCUT2D eigenvalue weighted by atomic mass is 32.2. The van der Waals surface area contributed by atoms with Crippen LogP contribution in [0.3, 0.4) is 0 Å². The van der Waals surface area contributed by atoms with E-state index in [4.69, 9.17) is 0 Å². The van der Waals surface area contributed by atoms with Crippen molar-refractivity contribution in [2.45, 2.75) is 44.8 Å². The molecular formula is C11H24N2S. The summed E-state index contributed by atoms with van der Waals surface area (Å²) in [5.74, 6) is 0. The second-order valence-corrected chi connectivity index (χ2v) is 8.04. The molecule has 0 aromatic carbocycles. The zero-order chi connectivity index (χ0) is 10.5. The largest absolute Gasteiger partial charge is 0.293 e. The molecule has 0 aromatic rings. The average Bonchev–Trinajstić information content (AvgIpc) is 2.58. The second kappa shape index (κ2) is 3.39. The Hall–Kier alpha value is 0.270. The van der Waals surface area contributed by atoms with Crippen LogP contribution in [0.1, 0.15) is 27.2 Å². The maximum atomic E-state index is 2.74. The van der Waals surface area contributed by atoms with E-state index in [1.807, 2.05) is 0 Å². The van der Waals surface area contributed by atoms with Gasteiger partial charge < -0.3 is 0 Å². The SMILES string of the molecule is C[SH](C)N1C[C@H]2C[C@@H]1CN2C(C)(C)C. The summed E-state index contributed by atoms with van der Waals surface area (Å²) in [7, 11) is 0.